The van der Waals surface area contributed by atoms with Crippen molar-refractivity contribution in [3.8, 4) is 0 Å². The van der Waals surface area contributed by atoms with Crippen molar-refractivity contribution < 1.29 is 18.0 Å². The summed E-state index contributed by atoms with van der Waals surface area (Å²) in [5.74, 6) is 0. The fourth-order valence-electron chi connectivity index (χ4n) is 1.77. The van der Waals surface area contributed by atoms with Gasteiger partial charge in [0.25, 0.3) is 0 Å². The summed E-state index contributed by atoms with van der Waals surface area (Å²) in [6.45, 7) is 10.3. The molecule has 0 aromatic carbocycles. The first-order valence-corrected chi connectivity index (χ1v) is 8.59. The van der Waals surface area contributed by atoms with Gasteiger partial charge in [0.1, 0.15) is 0 Å². The fourth-order valence-corrected chi connectivity index (χ4v) is 4.46. The fraction of sp³-hybridized carbons (Fsp3) is 1.00. The summed E-state index contributed by atoms with van der Waals surface area (Å²) in [7, 11) is -2.35. The van der Waals surface area contributed by atoms with Crippen LogP contribution in [-0.2, 0) is 13.3 Å². The Morgan fingerprint density at radius 1 is 0.722 bits per heavy atom. The first-order valence-electron chi connectivity index (χ1n) is 6.66. The number of rotatable bonds is 11. The minimum Gasteiger partial charge on any atom is -0.374 e. The number of halogens is 1. The molecule has 0 aliphatic heterocycles. The third-order valence-electron chi connectivity index (χ3n) is 2.43. The number of hydrogen-bond donors (Lipinski definition) is 0. The Morgan fingerprint density at radius 2 is 1.17 bits per heavy atom. The quantitative estimate of drug-likeness (QED) is 0.402. The summed E-state index contributed by atoms with van der Waals surface area (Å²) in [6, 6.07) is 0.961. The Kier molecular flexibility index (Phi) is 21.1. The molecule has 0 unspecified atom stereocenters. The third-order valence-corrected chi connectivity index (χ3v) is 5.58. The summed E-state index contributed by atoms with van der Waals surface area (Å²) >= 11 is 0. The molecule has 110 valence electrons. The molecule has 0 aromatic rings. The average molecular weight is 387 g/mol. The van der Waals surface area contributed by atoms with Gasteiger partial charge >= 0.3 is 8.80 Å². The predicted molar refractivity (Wildman–Crippen MR) is 77.8 cm³/mol. The van der Waals surface area contributed by atoms with Gasteiger partial charge in [-0.25, -0.2) is 0 Å². The Hall–Kier alpha value is 0.826. The maximum absolute atomic E-state index is 5.79. The second kappa shape index (κ2) is 15.9. The van der Waals surface area contributed by atoms with Gasteiger partial charge in [0, 0.05) is 49.8 Å². The Bertz CT molecular complexity index is 147. The van der Waals surface area contributed by atoms with Crippen LogP contribution in [-0.4, -0.2) is 52.5 Å². The van der Waals surface area contributed by atoms with Crippen LogP contribution < -0.4 is 0 Å². The monoisotopic (exact) mass is 388 g/mol. The van der Waals surface area contributed by atoms with Crippen LogP contribution in [0.2, 0.25) is 6.04 Å². The molecule has 0 heterocycles. The van der Waals surface area contributed by atoms with E-state index in [9.17, 15) is 0 Å². The van der Waals surface area contributed by atoms with Gasteiger partial charge in [-0.2, -0.15) is 0 Å². The van der Waals surface area contributed by atoms with Gasteiger partial charge in [0.15, 0.2) is 0 Å². The van der Waals surface area contributed by atoms with Crippen LogP contribution in [0.1, 0.15) is 53.4 Å². The minimum absolute atomic E-state index is 0. The normalized spacial score (nSPS) is 10.7. The minimum atomic E-state index is -2.35. The first kappa shape index (κ1) is 23.9. The van der Waals surface area contributed by atoms with Crippen LogP contribution in [0.25, 0.3) is 0 Å². The second-order valence-electron chi connectivity index (χ2n) is 3.79. The molecule has 0 N–H and O–H groups in total. The molecule has 4 radical (unpaired) electrons. The van der Waals surface area contributed by atoms with Crippen molar-refractivity contribution >= 4 is 32.7 Å². The molecule has 0 spiro atoms. The van der Waals surface area contributed by atoms with E-state index in [0.29, 0.717) is 19.8 Å². The van der Waals surface area contributed by atoms with Crippen LogP contribution in [0.3, 0.4) is 0 Å². The molecule has 0 fully saturated rings. The summed E-state index contributed by atoms with van der Waals surface area (Å²) in [5.41, 5.74) is 0. The van der Waals surface area contributed by atoms with E-state index in [4.69, 9.17) is 13.3 Å². The van der Waals surface area contributed by atoms with Crippen molar-refractivity contribution in [2.24, 2.45) is 0 Å². The van der Waals surface area contributed by atoms with E-state index in [1.54, 1.807) is 0 Å². The van der Waals surface area contributed by atoms with E-state index in [1.165, 1.54) is 19.3 Å². The molecule has 0 aliphatic rings. The second-order valence-corrected chi connectivity index (χ2v) is 6.52. The van der Waals surface area contributed by atoms with Crippen molar-refractivity contribution in [2.45, 2.75) is 59.4 Å². The SMILES string of the molecule is CCCCCC[Si](OCC)(OCC)OCC.F.[Sn]. The van der Waals surface area contributed by atoms with Crippen molar-refractivity contribution in [1.82, 2.24) is 0 Å². The summed E-state index contributed by atoms with van der Waals surface area (Å²) < 4.78 is 17.4. The van der Waals surface area contributed by atoms with E-state index >= 15 is 0 Å². The number of hydrogen-bond acceptors (Lipinski definition) is 3. The van der Waals surface area contributed by atoms with Crippen LogP contribution >= 0.6 is 0 Å². The van der Waals surface area contributed by atoms with Crippen LogP contribution in [0.4, 0.5) is 4.70 Å². The first-order chi connectivity index (χ1) is 7.74. The van der Waals surface area contributed by atoms with Gasteiger partial charge < -0.3 is 13.3 Å². The Balaban J connectivity index is -0.00000112. The molecule has 0 bridgehead atoms. The summed E-state index contributed by atoms with van der Waals surface area (Å²) in [4.78, 5) is 0. The topological polar surface area (TPSA) is 27.7 Å². The zero-order valence-corrected chi connectivity index (χ0v) is 16.1. The molecule has 0 amide bonds. The summed E-state index contributed by atoms with van der Waals surface area (Å²) in [5, 5.41) is 0. The van der Waals surface area contributed by atoms with Crippen molar-refractivity contribution in [3.63, 3.8) is 0 Å². The maximum Gasteiger partial charge on any atom is 0.500 e. The molecule has 0 atom stereocenters. The van der Waals surface area contributed by atoms with E-state index in [-0.39, 0.29) is 28.6 Å². The Morgan fingerprint density at radius 3 is 1.50 bits per heavy atom. The zero-order valence-electron chi connectivity index (χ0n) is 12.3. The van der Waals surface area contributed by atoms with Gasteiger partial charge in [0.05, 0.1) is 0 Å². The standard InChI is InChI=1S/C12H28O3Si.FH.Sn/c1-5-9-10-11-12-16(13-6-2,14-7-3)15-8-4;;/h5-12H2,1-4H3;1H;. The Labute approximate surface area is 130 Å². The molecule has 0 aliphatic carbocycles. The largest absolute Gasteiger partial charge is 0.500 e. The van der Waals surface area contributed by atoms with Gasteiger partial charge in [-0.15, -0.1) is 0 Å². The molecule has 3 nitrogen and oxygen atoms in total. The molecule has 6 heteroatoms. The van der Waals surface area contributed by atoms with Crippen LogP contribution in [0, 0.1) is 0 Å². The van der Waals surface area contributed by atoms with Gasteiger partial charge in [-0.3, -0.25) is 4.70 Å². The van der Waals surface area contributed by atoms with E-state index < -0.39 is 8.80 Å². The van der Waals surface area contributed by atoms with E-state index in [1.807, 2.05) is 20.8 Å². The van der Waals surface area contributed by atoms with Crippen molar-refractivity contribution in [3.05, 3.63) is 0 Å². The molecular formula is C12H29FO3SiSn. The average Bonchev–Trinajstić information content (AvgIpc) is 2.26. The predicted octanol–water partition coefficient (Wildman–Crippen LogP) is 3.39. The van der Waals surface area contributed by atoms with Crippen molar-refractivity contribution in [1.29, 1.82) is 0 Å². The van der Waals surface area contributed by atoms with Crippen LogP contribution in [0.15, 0.2) is 0 Å². The smallest absolute Gasteiger partial charge is 0.374 e. The van der Waals surface area contributed by atoms with Gasteiger partial charge in [-0.1, -0.05) is 26.2 Å². The van der Waals surface area contributed by atoms with Gasteiger partial charge in [0.2, 0.25) is 0 Å². The maximum atomic E-state index is 5.79. The molecular weight excluding hydrogens is 358 g/mol. The van der Waals surface area contributed by atoms with Gasteiger partial charge in [-0.05, 0) is 27.2 Å². The molecule has 18 heavy (non-hydrogen) atoms. The summed E-state index contributed by atoms with van der Waals surface area (Å²) in [6.07, 6.45) is 4.94. The molecule has 0 aromatic heterocycles. The number of unbranched alkanes of at least 4 members (excludes halogenated alkanes) is 3. The third kappa shape index (κ3) is 10.7. The van der Waals surface area contributed by atoms with Crippen molar-refractivity contribution in [2.75, 3.05) is 19.8 Å². The van der Waals surface area contributed by atoms with Crippen LogP contribution in [0.5, 0.6) is 0 Å². The van der Waals surface area contributed by atoms with E-state index in [0.717, 1.165) is 12.5 Å². The molecule has 0 saturated heterocycles. The molecule has 0 rings (SSSR count). The molecule has 0 saturated carbocycles. The zero-order chi connectivity index (χ0) is 12.3. The van der Waals surface area contributed by atoms with E-state index in [2.05, 4.69) is 6.92 Å².